The third kappa shape index (κ3) is 6.00. The topological polar surface area (TPSA) is 56.4 Å². The SMILES string of the molecule is CCCC(=O)N(CC(=O)N(CCc1c[nH]c2ccccc12)Cc1ccc(C)cc1)C(C)C. The Morgan fingerprint density at radius 2 is 1.72 bits per heavy atom. The predicted octanol–water partition coefficient (Wildman–Crippen LogP) is 5.08. The highest BCUT2D eigenvalue weighted by Gasteiger charge is 2.23. The van der Waals surface area contributed by atoms with Gasteiger partial charge in [-0.15, -0.1) is 0 Å². The van der Waals surface area contributed by atoms with Gasteiger partial charge in [0.2, 0.25) is 11.8 Å². The smallest absolute Gasteiger partial charge is 0.242 e. The molecule has 1 N–H and O–H groups in total. The largest absolute Gasteiger partial charge is 0.361 e. The van der Waals surface area contributed by atoms with Crippen LogP contribution in [0.3, 0.4) is 0 Å². The Labute approximate surface area is 191 Å². The Morgan fingerprint density at radius 1 is 1.00 bits per heavy atom. The lowest BCUT2D eigenvalue weighted by Crippen LogP contribution is -2.46. The maximum absolute atomic E-state index is 13.4. The Balaban J connectivity index is 1.78. The minimum absolute atomic E-state index is 0.00663. The lowest BCUT2D eigenvalue weighted by molar-refractivity contribution is -0.142. The first-order valence-corrected chi connectivity index (χ1v) is 11.6. The fraction of sp³-hybridized carbons (Fsp3) is 0.407. The number of rotatable bonds is 10. The van der Waals surface area contributed by atoms with E-state index in [0.29, 0.717) is 19.5 Å². The number of amides is 2. The third-order valence-corrected chi connectivity index (χ3v) is 5.89. The van der Waals surface area contributed by atoms with Crippen molar-refractivity contribution in [2.24, 2.45) is 0 Å². The summed E-state index contributed by atoms with van der Waals surface area (Å²) in [5, 5.41) is 1.19. The zero-order valence-corrected chi connectivity index (χ0v) is 19.7. The van der Waals surface area contributed by atoms with Crippen LogP contribution in [0.25, 0.3) is 10.9 Å². The molecular weight excluding hydrogens is 398 g/mol. The molecule has 0 aliphatic rings. The monoisotopic (exact) mass is 433 g/mol. The van der Waals surface area contributed by atoms with E-state index in [4.69, 9.17) is 0 Å². The number of hydrogen-bond donors (Lipinski definition) is 1. The van der Waals surface area contributed by atoms with Crippen molar-refractivity contribution < 1.29 is 9.59 Å². The van der Waals surface area contributed by atoms with Gasteiger partial charge < -0.3 is 14.8 Å². The number of para-hydroxylation sites is 1. The highest BCUT2D eigenvalue weighted by Crippen LogP contribution is 2.19. The number of aromatic nitrogens is 1. The number of H-pyrrole nitrogens is 1. The lowest BCUT2D eigenvalue weighted by atomic mass is 10.1. The molecular formula is C27H35N3O2. The summed E-state index contributed by atoms with van der Waals surface area (Å²) in [5.74, 6) is 0.0336. The summed E-state index contributed by atoms with van der Waals surface area (Å²) in [5.41, 5.74) is 4.60. The van der Waals surface area contributed by atoms with Crippen LogP contribution in [-0.2, 0) is 22.6 Å². The van der Waals surface area contributed by atoms with Crippen molar-refractivity contribution in [1.29, 1.82) is 0 Å². The molecule has 5 heteroatoms. The summed E-state index contributed by atoms with van der Waals surface area (Å²) in [6.45, 7) is 9.24. The van der Waals surface area contributed by atoms with E-state index in [-0.39, 0.29) is 24.4 Å². The molecule has 0 radical (unpaired) electrons. The molecule has 2 aromatic carbocycles. The van der Waals surface area contributed by atoms with Gasteiger partial charge in [0.1, 0.15) is 0 Å². The Morgan fingerprint density at radius 3 is 2.41 bits per heavy atom. The number of aryl methyl sites for hydroxylation is 1. The molecule has 0 spiro atoms. The predicted molar refractivity (Wildman–Crippen MR) is 130 cm³/mol. The zero-order chi connectivity index (χ0) is 23.1. The van der Waals surface area contributed by atoms with Crippen molar-refractivity contribution in [2.45, 2.75) is 59.5 Å². The summed E-state index contributed by atoms with van der Waals surface area (Å²) in [6.07, 6.45) is 4.04. The van der Waals surface area contributed by atoms with Crippen LogP contribution in [0.5, 0.6) is 0 Å². The molecule has 170 valence electrons. The Hall–Kier alpha value is -3.08. The van der Waals surface area contributed by atoms with Gasteiger partial charge >= 0.3 is 0 Å². The van der Waals surface area contributed by atoms with E-state index >= 15 is 0 Å². The highest BCUT2D eigenvalue weighted by molar-refractivity contribution is 5.85. The average molecular weight is 434 g/mol. The zero-order valence-electron chi connectivity index (χ0n) is 19.7. The molecule has 3 aromatic rings. The Kier molecular flexibility index (Phi) is 8.09. The van der Waals surface area contributed by atoms with Gasteiger partial charge in [0.15, 0.2) is 0 Å². The highest BCUT2D eigenvalue weighted by atomic mass is 16.2. The van der Waals surface area contributed by atoms with Crippen LogP contribution in [0.2, 0.25) is 0 Å². The normalized spacial score (nSPS) is 11.2. The van der Waals surface area contributed by atoms with Gasteiger partial charge in [-0.2, -0.15) is 0 Å². The van der Waals surface area contributed by atoms with Crippen LogP contribution >= 0.6 is 0 Å². The van der Waals surface area contributed by atoms with Crippen molar-refractivity contribution in [3.05, 3.63) is 71.4 Å². The van der Waals surface area contributed by atoms with Crippen molar-refractivity contribution >= 4 is 22.7 Å². The van der Waals surface area contributed by atoms with Crippen LogP contribution in [0.4, 0.5) is 0 Å². The quantitative estimate of drug-likeness (QED) is 0.484. The van der Waals surface area contributed by atoms with Crippen LogP contribution in [0.1, 0.15) is 50.3 Å². The summed E-state index contributed by atoms with van der Waals surface area (Å²) in [6, 6.07) is 16.5. The number of nitrogens with one attached hydrogen (secondary N) is 1. The molecule has 0 saturated carbocycles. The van der Waals surface area contributed by atoms with E-state index in [1.165, 1.54) is 16.5 Å². The summed E-state index contributed by atoms with van der Waals surface area (Å²) in [4.78, 5) is 32.9. The molecule has 5 nitrogen and oxygen atoms in total. The van der Waals surface area contributed by atoms with Crippen LogP contribution in [-0.4, -0.2) is 45.7 Å². The molecule has 0 saturated heterocycles. The first kappa shape index (κ1) is 23.6. The van der Waals surface area contributed by atoms with E-state index in [1.54, 1.807) is 4.90 Å². The van der Waals surface area contributed by atoms with Gasteiger partial charge in [-0.3, -0.25) is 9.59 Å². The lowest BCUT2D eigenvalue weighted by Gasteiger charge is -2.30. The molecule has 0 bridgehead atoms. The average Bonchev–Trinajstić information content (AvgIpc) is 3.19. The fourth-order valence-electron chi connectivity index (χ4n) is 3.96. The molecule has 0 fully saturated rings. The van der Waals surface area contributed by atoms with E-state index in [1.807, 2.05) is 44.0 Å². The van der Waals surface area contributed by atoms with Crippen LogP contribution in [0.15, 0.2) is 54.7 Å². The molecule has 0 unspecified atom stereocenters. The van der Waals surface area contributed by atoms with E-state index in [0.717, 1.165) is 23.9 Å². The number of aromatic amines is 1. The van der Waals surface area contributed by atoms with Crippen molar-refractivity contribution in [1.82, 2.24) is 14.8 Å². The van der Waals surface area contributed by atoms with Gasteiger partial charge in [-0.25, -0.2) is 0 Å². The first-order valence-electron chi connectivity index (χ1n) is 11.6. The molecule has 0 aliphatic heterocycles. The number of nitrogens with zero attached hydrogens (tertiary/aromatic N) is 2. The number of carbonyl (C=O) groups excluding carboxylic acids is 2. The fourth-order valence-corrected chi connectivity index (χ4v) is 3.96. The summed E-state index contributed by atoms with van der Waals surface area (Å²) >= 11 is 0. The second-order valence-corrected chi connectivity index (χ2v) is 8.78. The van der Waals surface area contributed by atoms with E-state index in [2.05, 4.69) is 48.3 Å². The molecule has 0 aliphatic carbocycles. The number of carbonyl (C=O) groups is 2. The third-order valence-electron chi connectivity index (χ3n) is 5.89. The van der Waals surface area contributed by atoms with E-state index < -0.39 is 0 Å². The molecule has 0 atom stereocenters. The molecule has 32 heavy (non-hydrogen) atoms. The van der Waals surface area contributed by atoms with Gasteiger partial charge in [0.05, 0.1) is 6.54 Å². The Bertz CT molecular complexity index is 1040. The van der Waals surface area contributed by atoms with E-state index in [9.17, 15) is 9.59 Å². The summed E-state index contributed by atoms with van der Waals surface area (Å²) in [7, 11) is 0. The molecule has 3 rings (SSSR count). The standard InChI is InChI=1S/C27H35N3O2/c1-5-8-26(31)30(20(2)3)19-27(32)29(18-22-13-11-21(4)12-14-22)16-15-23-17-28-25-10-7-6-9-24(23)25/h6-7,9-14,17,20,28H,5,8,15-16,18-19H2,1-4H3. The maximum Gasteiger partial charge on any atom is 0.242 e. The van der Waals surface area contributed by atoms with Crippen LogP contribution in [0, 0.1) is 6.92 Å². The second kappa shape index (κ2) is 11.0. The first-order chi connectivity index (χ1) is 15.4. The minimum atomic E-state index is -0.0106. The van der Waals surface area contributed by atoms with Crippen molar-refractivity contribution in [2.75, 3.05) is 13.1 Å². The van der Waals surface area contributed by atoms with Crippen LogP contribution < -0.4 is 0 Å². The number of benzene rings is 2. The molecule has 2 amide bonds. The van der Waals surface area contributed by atoms with Gasteiger partial charge in [-0.05, 0) is 50.8 Å². The van der Waals surface area contributed by atoms with Crippen molar-refractivity contribution in [3.63, 3.8) is 0 Å². The summed E-state index contributed by atoms with van der Waals surface area (Å²) < 4.78 is 0. The van der Waals surface area contributed by atoms with Gasteiger partial charge in [0, 0.05) is 42.7 Å². The minimum Gasteiger partial charge on any atom is -0.361 e. The molecule has 1 aromatic heterocycles. The van der Waals surface area contributed by atoms with Crippen molar-refractivity contribution in [3.8, 4) is 0 Å². The van der Waals surface area contributed by atoms with Gasteiger partial charge in [-0.1, -0.05) is 55.0 Å². The number of hydrogen-bond acceptors (Lipinski definition) is 2. The second-order valence-electron chi connectivity index (χ2n) is 8.78. The van der Waals surface area contributed by atoms with Gasteiger partial charge in [0.25, 0.3) is 0 Å². The molecule has 1 heterocycles. The number of fused-ring (bicyclic) bond motifs is 1. The maximum atomic E-state index is 13.4.